The molecule has 7 unspecified atom stereocenters. The second-order valence-electron chi connectivity index (χ2n) is 17.7. The Bertz CT molecular complexity index is 1520. The molecule has 0 aromatic heterocycles. The van der Waals surface area contributed by atoms with Gasteiger partial charge in [-0.3, -0.25) is 9.59 Å². The third kappa shape index (κ3) is 5.83. The zero-order chi connectivity index (χ0) is 34.7. The minimum absolute atomic E-state index is 0.190. The van der Waals surface area contributed by atoms with E-state index in [0.29, 0.717) is 47.3 Å². The van der Waals surface area contributed by atoms with E-state index in [1.54, 1.807) is 6.08 Å². The quantitative estimate of drug-likeness (QED) is 0.220. The maximum atomic E-state index is 12.5. The molecule has 0 amide bonds. The summed E-state index contributed by atoms with van der Waals surface area (Å²) in [6.07, 6.45) is 15.7. The molecule has 2 heterocycles. The first kappa shape index (κ1) is 36.1. The molecule has 4 saturated carbocycles. The van der Waals surface area contributed by atoms with Crippen LogP contribution in [0, 0.1) is 45.8 Å². The van der Waals surface area contributed by atoms with Crippen LogP contribution in [0.3, 0.4) is 0 Å². The van der Waals surface area contributed by atoms with Crippen molar-refractivity contribution in [1.82, 2.24) is 10.2 Å². The van der Waals surface area contributed by atoms with E-state index in [1.807, 2.05) is 6.92 Å². The van der Waals surface area contributed by atoms with Gasteiger partial charge in [-0.05, 0) is 144 Å². The summed E-state index contributed by atoms with van der Waals surface area (Å²) < 4.78 is 23.5. The Kier molecular flexibility index (Phi) is 9.87. The van der Waals surface area contributed by atoms with Crippen LogP contribution in [-0.2, 0) is 9.84 Å². The van der Waals surface area contributed by atoms with Gasteiger partial charge in [0.15, 0.2) is 15.6 Å². The summed E-state index contributed by atoms with van der Waals surface area (Å²) in [5.74, 6) is 3.84. The molecule has 6 aliphatic rings. The first-order chi connectivity index (χ1) is 22.6. The van der Waals surface area contributed by atoms with Crippen LogP contribution in [0.1, 0.15) is 105 Å². The molecule has 0 bridgehead atoms. The highest BCUT2D eigenvalue weighted by Crippen LogP contribution is 2.72. The summed E-state index contributed by atoms with van der Waals surface area (Å²) in [7, 11) is -2.81. The van der Waals surface area contributed by atoms with Gasteiger partial charge in [-0.2, -0.15) is 0 Å². The third-order valence-electron chi connectivity index (χ3n) is 15.3. The van der Waals surface area contributed by atoms with Crippen molar-refractivity contribution < 1.29 is 13.5 Å². The highest BCUT2D eigenvalue weighted by molar-refractivity contribution is 7.91. The number of fused-ring (bicyclic) bond motifs is 7. The SMILES string of the molecule is C=CC.CC12CCC3C(C)(CCN(c4c(O)c(=O)c4=O)C3(C)C)C1CCC1C2CCC2(CNCCCN3CCS(=O)(=O)CC3)CCC[C@H]12. The molecule has 8 atom stereocenters. The summed E-state index contributed by atoms with van der Waals surface area (Å²) in [6.45, 7) is 20.2. The number of rotatable bonds is 7. The predicted octanol–water partition coefficient (Wildman–Crippen LogP) is 5.52. The Labute approximate surface area is 289 Å². The van der Waals surface area contributed by atoms with E-state index in [-0.39, 0.29) is 22.4 Å². The van der Waals surface area contributed by atoms with Gasteiger partial charge in [0.1, 0.15) is 5.69 Å². The Balaban J connectivity index is 0.00000129. The predicted molar refractivity (Wildman–Crippen MR) is 195 cm³/mol. The molecule has 6 fully saturated rings. The first-order valence-corrected chi connectivity index (χ1v) is 21.0. The Morgan fingerprint density at radius 3 is 2.27 bits per heavy atom. The summed E-state index contributed by atoms with van der Waals surface area (Å²) in [5.41, 5.74) is -0.270. The van der Waals surface area contributed by atoms with Crippen molar-refractivity contribution in [3.8, 4) is 5.75 Å². The fourth-order valence-electron chi connectivity index (χ4n) is 13.1. The molecule has 7 rings (SSSR count). The van der Waals surface area contributed by atoms with Crippen LogP contribution in [0.15, 0.2) is 22.2 Å². The maximum absolute atomic E-state index is 12.5. The lowest BCUT2D eigenvalue weighted by atomic mass is 9.37. The Morgan fingerprint density at radius 2 is 1.58 bits per heavy atom. The van der Waals surface area contributed by atoms with Crippen LogP contribution < -0.4 is 21.1 Å². The van der Waals surface area contributed by atoms with Gasteiger partial charge in [-0.25, -0.2) is 8.42 Å². The third-order valence-corrected chi connectivity index (χ3v) is 16.9. The van der Waals surface area contributed by atoms with Gasteiger partial charge in [0.05, 0.1) is 11.5 Å². The van der Waals surface area contributed by atoms with Crippen LogP contribution in [-0.4, -0.2) is 74.7 Å². The fourth-order valence-corrected chi connectivity index (χ4v) is 14.4. The van der Waals surface area contributed by atoms with Crippen LogP contribution in [0.2, 0.25) is 0 Å². The lowest BCUT2D eigenvalue weighted by molar-refractivity contribution is -0.181. The van der Waals surface area contributed by atoms with Crippen molar-refractivity contribution in [3.05, 3.63) is 33.1 Å². The fraction of sp³-hybridized carbons (Fsp3) is 0.846. The molecule has 1 aromatic carbocycles. The number of anilines is 1. The molecule has 9 heteroatoms. The molecule has 2 saturated heterocycles. The molecule has 0 radical (unpaired) electrons. The Hall–Kier alpha value is -1.71. The highest BCUT2D eigenvalue weighted by Gasteiger charge is 2.66. The van der Waals surface area contributed by atoms with Gasteiger partial charge in [-0.15, -0.1) is 6.58 Å². The first-order valence-electron chi connectivity index (χ1n) is 19.2. The summed E-state index contributed by atoms with van der Waals surface area (Å²) >= 11 is 0. The van der Waals surface area contributed by atoms with Crippen molar-refractivity contribution >= 4 is 15.5 Å². The van der Waals surface area contributed by atoms with E-state index in [2.05, 4.69) is 49.4 Å². The number of hydrogen-bond donors (Lipinski definition) is 2. The van der Waals surface area contributed by atoms with Crippen molar-refractivity contribution in [2.75, 3.05) is 55.7 Å². The van der Waals surface area contributed by atoms with Gasteiger partial charge < -0.3 is 20.2 Å². The number of aromatic hydroxyl groups is 1. The van der Waals surface area contributed by atoms with E-state index in [0.717, 1.165) is 63.2 Å². The average molecular weight is 686 g/mol. The summed E-state index contributed by atoms with van der Waals surface area (Å²) in [6, 6.07) is 0. The van der Waals surface area contributed by atoms with Crippen LogP contribution in [0.25, 0.3) is 0 Å². The summed E-state index contributed by atoms with van der Waals surface area (Å²) in [4.78, 5) is 28.8. The molecule has 8 nitrogen and oxygen atoms in total. The van der Waals surface area contributed by atoms with E-state index >= 15 is 0 Å². The van der Waals surface area contributed by atoms with Crippen molar-refractivity contribution in [1.29, 1.82) is 0 Å². The van der Waals surface area contributed by atoms with E-state index in [1.165, 1.54) is 51.4 Å². The Morgan fingerprint density at radius 1 is 0.875 bits per heavy atom. The maximum Gasteiger partial charge on any atom is 0.271 e. The second-order valence-corrected chi connectivity index (χ2v) is 20.0. The topological polar surface area (TPSA) is 107 Å². The number of piperidine rings is 1. The lowest BCUT2D eigenvalue weighted by Gasteiger charge is -2.70. The van der Waals surface area contributed by atoms with Crippen molar-refractivity contribution in [2.45, 2.75) is 111 Å². The smallest absolute Gasteiger partial charge is 0.271 e. The minimum atomic E-state index is -2.81. The normalized spacial score (nSPS) is 40.1. The molecule has 2 aliphatic heterocycles. The molecule has 1 aromatic rings. The number of nitrogens with zero attached hydrogens (tertiary/aromatic N) is 2. The van der Waals surface area contributed by atoms with Gasteiger partial charge in [0, 0.05) is 31.7 Å². The largest absolute Gasteiger partial charge is 0.502 e. The molecule has 4 aliphatic carbocycles. The second kappa shape index (κ2) is 13.1. The number of nitrogens with one attached hydrogen (secondary N) is 1. The molecular weight excluding hydrogens is 623 g/mol. The molecule has 270 valence electrons. The van der Waals surface area contributed by atoms with E-state index < -0.39 is 20.7 Å². The van der Waals surface area contributed by atoms with Gasteiger partial charge in [0.2, 0.25) is 0 Å². The lowest BCUT2D eigenvalue weighted by Crippen LogP contribution is -2.68. The van der Waals surface area contributed by atoms with Crippen molar-refractivity contribution in [3.63, 3.8) is 0 Å². The molecule has 48 heavy (non-hydrogen) atoms. The van der Waals surface area contributed by atoms with Crippen LogP contribution >= 0.6 is 0 Å². The number of sulfone groups is 1. The van der Waals surface area contributed by atoms with E-state index in [4.69, 9.17) is 0 Å². The van der Waals surface area contributed by atoms with Crippen LogP contribution in [0.4, 0.5) is 5.69 Å². The average Bonchev–Trinajstić information content (AvgIpc) is 3.47. The van der Waals surface area contributed by atoms with Gasteiger partial charge in [-0.1, -0.05) is 26.3 Å². The van der Waals surface area contributed by atoms with Gasteiger partial charge in [0.25, 0.3) is 10.9 Å². The summed E-state index contributed by atoms with van der Waals surface area (Å²) in [5, 5.41) is 14.2. The number of hydrogen-bond acceptors (Lipinski definition) is 8. The zero-order valence-electron chi connectivity index (χ0n) is 30.5. The molecule has 0 spiro atoms. The number of allylic oxidation sites excluding steroid dienone is 1. The zero-order valence-corrected chi connectivity index (χ0v) is 31.3. The van der Waals surface area contributed by atoms with Gasteiger partial charge >= 0.3 is 0 Å². The van der Waals surface area contributed by atoms with Crippen LogP contribution in [0.5, 0.6) is 5.75 Å². The standard InChI is InChI=1S/C36H57N3O5S.C3H6/c1-33(2)27-11-13-34(3)25-10-14-36(23-37-16-6-17-38-19-21-45(43,44)22-20-38)12-5-7-26(36)24(25)8-9-28(34)35(27,4)15-18-39(33)29-30(40)32(42)31(29)41;1-3-2/h24-28,37,40H,5-23H2,1-4H3;3H,1H2,2H3/t24?,25?,26-,27?,28?,34?,35?,36?;/m1./s1. The van der Waals surface area contributed by atoms with Crippen molar-refractivity contribution in [2.24, 2.45) is 45.8 Å². The monoisotopic (exact) mass is 685 g/mol. The minimum Gasteiger partial charge on any atom is -0.502 e. The molecular formula is C39H63N3O5S. The van der Waals surface area contributed by atoms with E-state index in [9.17, 15) is 23.1 Å². The molecule has 2 N–H and O–H groups in total. The highest BCUT2D eigenvalue weighted by atomic mass is 32.2.